The first kappa shape index (κ1) is 16.4. The van der Waals surface area contributed by atoms with E-state index in [2.05, 4.69) is 26.1 Å². The number of unbranched alkanes of at least 4 members (excludes halogenated alkanes) is 2. The summed E-state index contributed by atoms with van der Waals surface area (Å²) in [4.78, 5) is 12.0. The molecule has 0 saturated carbocycles. The summed E-state index contributed by atoms with van der Waals surface area (Å²) < 4.78 is 0. The zero-order valence-electron chi connectivity index (χ0n) is 11.8. The number of nitrogens with two attached hydrogens (primary N) is 1. The minimum Gasteiger partial charge on any atom is -0.352 e. The van der Waals surface area contributed by atoms with Crippen LogP contribution in [0.25, 0.3) is 0 Å². The fourth-order valence-corrected chi connectivity index (χ4v) is 1.99. The molecule has 17 heavy (non-hydrogen) atoms. The van der Waals surface area contributed by atoms with E-state index in [9.17, 15) is 4.79 Å². The topological polar surface area (TPSA) is 55.1 Å². The van der Waals surface area contributed by atoms with Gasteiger partial charge in [-0.2, -0.15) is 0 Å². The third-order valence-electron chi connectivity index (χ3n) is 3.31. The quantitative estimate of drug-likeness (QED) is 0.619. The zero-order chi connectivity index (χ0) is 13.1. The fourth-order valence-electron chi connectivity index (χ4n) is 1.99. The van der Waals surface area contributed by atoms with Crippen molar-refractivity contribution in [3.05, 3.63) is 0 Å². The maximum Gasteiger partial charge on any atom is 0.223 e. The number of nitrogens with one attached hydrogen (secondary N) is 1. The molecule has 0 radical (unpaired) electrons. The summed E-state index contributed by atoms with van der Waals surface area (Å²) in [6, 6.07) is 0.165. The normalized spacial score (nSPS) is 14.4. The average Bonchev–Trinajstić information content (AvgIpc) is 2.35. The van der Waals surface area contributed by atoms with Crippen LogP contribution < -0.4 is 11.1 Å². The van der Waals surface area contributed by atoms with Crippen LogP contribution in [0, 0.1) is 5.92 Å². The molecule has 0 aromatic rings. The van der Waals surface area contributed by atoms with Crippen LogP contribution in [0.4, 0.5) is 0 Å². The van der Waals surface area contributed by atoms with Gasteiger partial charge in [0.25, 0.3) is 0 Å². The van der Waals surface area contributed by atoms with Crippen LogP contribution in [0.5, 0.6) is 0 Å². The maximum atomic E-state index is 12.0. The smallest absolute Gasteiger partial charge is 0.223 e. The van der Waals surface area contributed by atoms with Gasteiger partial charge in [0.05, 0.1) is 0 Å². The molecule has 102 valence electrons. The van der Waals surface area contributed by atoms with E-state index < -0.39 is 0 Å². The molecular formula is C14H30N2O. The van der Waals surface area contributed by atoms with Crippen molar-refractivity contribution < 1.29 is 4.79 Å². The molecule has 0 aliphatic rings. The van der Waals surface area contributed by atoms with Crippen molar-refractivity contribution in [3.8, 4) is 0 Å². The number of amides is 1. The first-order chi connectivity index (χ1) is 8.19. The van der Waals surface area contributed by atoms with Crippen LogP contribution >= 0.6 is 0 Å². The molecule has 0 aromatic heterocycles. The molecule has 0 aliphatic heterocycles. The molecule has 3 nitrogen and oxygen atoms in total. The van der Waals surface area contributed by atoms with E-state index in [1.807, 2.05) is 0 Å². The predicted molar refractivity (Wildman–Crippen MR) is 73.8 cm³/mol. The number of hydrogen-bond acceptors (Lipinski definition) is 2. The van der Waals surface area contributed by atoms with Gasteiger partial charge >= 0.3 is 0 Å². The lowest BCUT2D eigenvalue weighted by atomic mass is 9.97. The summed E-state index contributed by atoms with van der Waals surface area (Å²) in [5, 5.41) is 3.10. The summed E-state index contributed by atoms with van der Waals surface area (Å²) in [6.07, 6.45) is 7.51. The Morgan fingerprint density at radius 2 is 1.71 bits per heavy atom. The van der Waals surface area contributed by atoms with Crippen molar-refractivity contribution >= 4 is 5.91 Å². The van der Waals surface area contributed by atoms with E-state index in [1.165, 1.54) is 0 Å². The molecule has 0 aromatic carbocycles. The standard InChI is InChI=1S/C14H30N2O/c1-4-7-9-12(6-3)14(17)16-13(11-15)10-8-5-2/h12-13H,4-11,15H2,1-3H3,(H,16,17). The van der Waals surface area contributed by atoms with Gasteiger partial charge in [0.1, 0.15) is 0 Å². The Labute approximate surface area is 107 Å². The van der Waals surface area contributed by atoms with Crippen molar-refractivity contribution in [2.24, 2.45) is 11.7 Å². The molecule has 1 amide bonds. The summed E-state index contributed by atoms with van der Waals surface area (Å²) >= 11 is 0. The highest BCUT2D eigenvalue weighted by Crippen LogP contribution is 2.13. The van der Waals surface area contributed by atoms with Gasteiger partial charge in [-0.15, -0.1) is 0 Å². The molecule has 0 fully saturated rings. The number of carbonyl (C=O) groups is 1. The van der Waals surface area contributed by atoms with Crippen LogP contribution in [0.15, 0.2) is 0 Å². The fraction of sp³-hybridized carbons (Fsp3) is 0.929. The number of rotatable bonds is 10. The molecule has 0 spiro atoms. The second kappa shape index (κ2) is 10.6. The summed E-state index contributed by atoms with van der Waals surface area (Å²) in [5.74, 6) is 0.373. The van der Waals surface area contributed by atoms with Gasteiger partial charge in [0.2, 0.25) is 5.91 Å². The van der Waals surface area contributed by atoms with Gasteiger partial charge < -0.3 is 11.1 Å². The Morgan fingerprint density at radius 3 is 2.18 bits per heavy atom. The minimum absolute atomic E-state index is 0.165. The van der Waals surface area contributed by atoms with Crippen molar-refractivity contribution in [2.75, 3.05) is 6.54 Å². The molecule has 0 rings (SSSR count). The predicted octanol–water partition coefficient (Wildman–Crippen LogP) is 2.84. The molecule has 0 aliphatic carbocycles. The molecule has 2 unspecified atom stereocenters. The van der Waals surface area contributed by atoms with Crippen molar-refractivity contribution in [2.45, 2.75) is 71.8 Å². The molecule has 0 bridgehead atoms. The van der Waals surface area contributed by atoms with Crippen LogP contribution in [-0.4, -0.2) is 18.5 Å². The molecule has 0 saturated heterocycles. The largest absolute Gasteiger partial charge is 0.352 e. The van der Waals surface area contributed by atoms with Gasteiger partial charge in [0.15, 0.2) is 0 Å². The Balaban J connectivity index is 4.07. The Morgan fingerprint density at radius 1 is 1.12 bits per heavy atom. The van der Waals surface area contributed by atoms with Gasteiger partial charge in [-0.05, 0) is 19.3 Å². The summed E-state index contributed by atoms with van der Waals surface area (Å²) in [7, 11) is 0. The molecule has 2 atom stereocenters. The Bertz CT molecular complexity index is 195. The summed E-state index contributed by atoms with van der Waals surface area (Å²) in [5.41, 5.74) is 5.69. The second-order valence-electron chi connectivity index (χ2n) is 4.83. The second-order valence-corrected chi connectivity index (χ2v) is 4.83. The van der Waals surface area contributed by atoms with E-state index in [1.54, 1.807) is 0 Å². The lowest BCUT2D eigenvalue weighted by Gasteiger charge is -2.20. The SMILES string of the molecule is CCCCC(CN)NC(=O)C(CC)CCCC. The highest BCUT2D eigenvalue weighted by molar-refractivity contribution is 5.78. The first-order valence-electron chi connectivity index (χ1n) is 7.19. The van der Waals surface area contributed by atoms with Gasteiger partial charge in [0, 0.05) is 18.5 Å². The van der Waals surface area contributed by atoms with Crippen LogP contribution in [0.3, 0.4) is 0 Å². The van der Waals surface area contributed by atoms with Crippen LogP contribution in [0.1, 0.15) is 65.7 Å². The van der Waals surface area contributed by atoms with Crippen LogP contribution in [0.2, 0.25) is 0 Å². The van der Waals surface area contributed by atoms with Crippen molar-refractivity contribution in [1.29, 1.82) is 0 Å². The number of hydrogen-bond donors (Lipinski definition) is 2. The van der Waals surface area contributed by atoms with E-state index in [4.69, 9.17) is 5.73 Å². The van der Waals surface area contributed by atoms with E-state index in [-0.39, 0.29) is 17.9 Å². The van der Waals surface area contributed by atoms with Crippen LogP contribution in [-0.2, 0) is 4.79 Å². The monoisotopic (exact) mass is 242 g/mol. The number of carbonyl (C=O) groups excluding carboxylic acids is 1. The lowest BCUT2D eigenvalue weighted by molar-refractivity contribution is -0.126. The average molecular weight is 242 g/mol. The van der Waals surface area contributed by atoms with Crippen molar-refractivity contribution in [1.82, 2.24) is 5.32 Å². The lowest BCUT2D eigenvalue weighted by Crippen LogP contribution is -2.43. The third-order valence-corrected chi connectivity index (χ3v) is 3.31. The van der Waals surface area contributed by atoms with Gasteiger partial charge in [-0.1, -0.05) is 46.5 Å². The van der Waals surface area contributed by atoms with E-state index >= 15 is 0 Å². The first-order valence-corrected chi connectivity index (χ1v) is 7.19. The Kier molecular flexibility index (Phi) is 10.2. The highest BCUT2D eigenvalue weighted by atomic mass is 16.1. The summed E-state index contributed by atoms with van der Waals surface area (Å²) in [6.45, 7) is 6.96. The minimum atomic E-state index is 0.165. The third kappa shape index (κ3) is 7.37. The molecule has 3 heteroatoms. The van der Waals surface area contributed by atoms with Gasteiger partial charge in [-0.3, -0.25) is 4.79 Å². The highest BCUT2D eigenvalue weighted by Gasteiger charge is 2.18. The van der Waals surface area contributed by atoms with E-state index in [0.717, 1.165) is 44.9 Å². The van der Waals surface area contributed by atoms with E-state index in [0.29, 0.717) is 6.54 Å². The Hall–Kier alpha value is -0.570. The van der Waals surface area contributed by atoms with Crippen molar-refractivity contribution in [3.63, 3.8) is 0 Å². The molecule has 0 heterocycles. The van der Waals surface area contributed by atoms with Gasteiger partial charge in [-0.25, -0.2) is 0 Å². The maximum absolute atomic E-state index is 12.0. The zero-order valence-corrected chi connectivity index (χ0v) is 11.8. The molecule has 3 N–H and O–H groups in total. The molecular weight excluding hydrogens is 212 g/mol.